The van der Waals surface area contributed by atoms with Crippen LogP contribution in [0.5, 0.6) is 0 Å². The van der Waals surface area contributed by atoms with Crippen molar-refractivity contribution >= 4 is 15.9 Å². The molecule has 0 bridgehead atoms. The lowest BCUT2D eigenvalue weighted by atomic mass is 9.98. The van der Waals surface area contributed by atoms with Crippen LogP contribution in [0.2, 0.25) is 0 Å². The summed E-state index contributed by atoms with van der Waals surface area (Å²) in [6, 6.07) is 4.69. The average molecular weight is 366 g/mol. The van der Waals surface area contributed by atoms with Crippen LogP contribution in [0, 0.1) is 11.7 Å². The van der Waals surface area contributed by atoms with Crippen LogP contribution in [-0.4, -0.2) is 9.78 Å². The summed E-state index contributed by atoms with van der Waals surface area (Å²) in [5.74, 6) is 0.259. The Morgan fingerprint density at radius 2 is 2.05 bits per heavy atom. The monoisotopic (exact) mass is 365 g/mol. The maximum Gasteiger partial charge on any atom is 0.123 e. The van der Waals surface area contributed by atoms with Gasteiger partial charge in [0.2, 0.25) is 0 Å². The molecule has 1 fully saturated rings. The lowest BCUT2D eigenvalue weighted by molar-refractivity contribution is 0.359. The van der Waals surface area contributed by atoms with E-state index in [9.17, 15) is 4.39 Å². The van der Waals surface area contributed by atoms with Gasteiger partial charge in [0.1, 0.15) is 5.82 Å². The number of rotatable bonds is 3. The molecule has 3 rings (SSSR count). The van der Waals surface area contributed by atoms with E-state index in [1.54, 1.807) is 12.1 Å². The van der Waals surface area contributed by atoms with Gasteiger partial charge in [-0.2, -0.15) is 5.10 Å². The third-order valence-electron chi connectivity index (χ3n) is 4.11. The number of benzene rings is 1. The van der Waals surface area contributed by atoms with Crippen LogP contribution in [0.3, 0.4) is 0 Å². The summed E-state index contributed by atoms with van der Waals surface area (Å²) in [5, 5.41) is 4.56. The van der Waals surface area contributed by atoms with Crippen LogP contribution in [0.4, 0.5) is 4.39 Å². The van der Waals surface area contributed by atoms with E-state index in [1.807, 2.05) is 10.9 Å². The van der Waals surface area contributed by atoms with Crippen LogP contribution in [0.1, 0.15) is 45.2 Å². The highest BCUT2D eigenvalue weighted by atomic mass is 79.9. The zero-order valence-corrected chi connectivity index (χ0v) is 14.7. The molecular weight excluding hydrogens is 345 g/mol. The van der Waals surface area contributed by atoms with Gasteiger partial charge >= 0.3 is 0 Å². The topological polar surface area (TPSA) is 43.8 Å². The molecule has 1 aliphatic carbocycles. The van der Waals surface area contributed by atoms with Crippen LogP contribution in [0.15, 0.2) is 28.9 Å². The number of halogens is 2. The summed E-state index contributed by atoms with van der Waals surface area (Å²) in [6.07, 6.45) is 4.16. The quantitative estimate of drug-likeness (QED) is 0.862. The fourth-order valence-electron chi connectivity index (χ4n) is 2.77. The molecule has 118 valence electrons. The van der Waals surface area contributed by atoms with Gasteiger partial charge in [0.15, 0.2) is 0 Å². The molecule has 5 heteroatoms. The van der Waals surface area contributed by atoms with Gasteiger partial charge in [-0.25, -0.2) is 4.39 Å². The van der Waals surface area contributed by atoms with E-state index in [4.69, 9.17) is 5.73 Å². The van der Waals surface area contributed by atoms with E-state index in [2.05, 4.69) is 41.8 Å². The highest BCUT2D eigenvalue weighted by Crippen LogP contribution is 2.44. The summed E-state index contributed by atoms with van der Waals surface area (Å²) >= 11 is 3.54. The van der Waals surface area contributed by atoms with E-state index >= 15 is 0 Å². The first-order valence-electron chi connectivity index (χ1n) is 7.58. The SMILES string of the molecule is CC(C)(C)n1ncc(C(N)C2CC2)c1-c1cc(F)ccc1Br. The Morgan fingerprint density at radius 1 is 1.36 bits per heavy atom. The Morgan fingerprint density at radius 3 is 2.64 bits per heavy atom. The maximum atomic E-state index is 13.8. The second-order valence-electron chi connectivity index (χ2n) is 7.02. The molecule has 1 heterocycles. The molecule has 0 radical (unpaired) electrons. The molecule has 2 N–H and O–H groups in total. The summed E-state index contributed by atoms with van der Waals surface area (Å²) < 4.78 is 16.6. The van der Waals surface area contributed by atoms with Gasteiger partial charge in [0.25, 0.3) is 0 Å². The Bertz CT molecular complexity index is 698. The predicted octanol–water partition coefficient (Wildman–Crippen LogP) is 4.62. The smallest absolute Gasteiger partial charge is 0.123 e. The summed E-state index contributed by atoms with van der Waals surface area (Å²) in [6.45, 7) is 6.26. The largest absolute Gasteiger partial charge is 0.324 e. The van der Waals surface area contributed by atoms with Crippen LogP contribution < -0.4 is 5.73 Å². The second kappa shape index (κ2) is 5.46. The van der Waals surface area contributed by atoms with Crippen molar-refractivity contribution < 1.29 is 4.39 Å². The Kier molecular flexibility index (Phi) is 3.89. The van der Waals surface area contributed by atoms with Gasteiger partial charge in [-0.05, 0) is 57.7 Å². The Balaban J connectivity index is 2.22. The standard InChI is InChI=1S/C17H21BrFN3/c1-17(2,3)22-16(12-8-11(19)6-7-14(12)18)13(9-21-22)15(20)10-4-5-10/h6-10,15H,4-5,20H2,1-3H3. The molecule has 3 nitrogen and oxygen atoms in total. The van der Waals surface area contributed by atoms with Crippen LogP contribution >= 0.6 is 15.9 Å². The van der Waals surface area contributed by atoms with Gasteiger partial charge in [-0.1, -0.05) is 15.9 Å². The minimum absolute atomic E-state index is 0.0405. The van der Waals surface area contributed by atoms with Crippen molar-refractivity contribution in [3.63, 3.8) is 0 Å². The minimum atomic E-state index is -0.259. The third-order valence-corrected chi connectivity index (χ3v) is 4.80. The zero-order chi connectivity index (χ0) is 16.1. The van der Waals surface area contributed by atoms with Crippen molar-refractivity contribution in [3.8, 4) is 11.3 Å². The van der Waals surface area contributed by atoms with Crippen molar-refractivity contribution in [2.24, 2.45) is 11.7 Å². The molecule has 0 aliphatic heterocycles. The number of hydrogen-bond donors (Lipinski definition) is 1. The molecule has 1 saturated carbocycles. The molecule has 22 heavy (non-hydrogen) atoms. The van der Waals surface area contributed by atoms with Gasteiger partial charge in [0.05, 0.1) is 17.4 Å². The first-order chi connectivity index (χ1) is 10.3. The first kappa shape index (κ1) is 15.7. The van der Waals surface area contributed by atoms with Crippen LogP contribution in [0.25, 0.3) is 11.3 Å². The Hall–Kier alpha value is -1.20. The molecule has 0 amide bonds. The van der Waals surface area contributed by atoms with E-state index in [-0.39, 0.29) is 17.4 Å². The third kappa shape index (κ3) is 2.84. The molecular formula is C17H21BrFN3. The van der Waals surface area contributed by atoms with E-state index in [0.717, 1.165) is 34.1 Å². The first-order valence-corrected chi connectivity index (χ1v) is 8.37. The van der Waals surface area contributed by atoms with Crippen molar-refractivity contribution in [2.45, 2.75) is 45.2 Å². The fourth-order valence-corrected chi connectivity index (χ4v) is 3.21. The molecule has 2 aromatic rings. The molecule has 1 atom stereocenters. The van der Waals surface area contributed by atoms with Gasteiger partial charge in [0, 0.05) is 21.6 Å². The second-order valence-corrected chi connectivity index (χ2v) is 7.87. The summed E-state index contributed by atoms with van der Waals surface area (Å²) in [7, 11) is 0. The normalized spacial score (nSPS) is 16.8. The van der Waals surface area contributed by atoms with Crippen molar-refractivity contribution in [2.75, 3.05) is 0 Å². The molecule has 1 aromatic carbocycles. The van der Waals surface area contributed by atoms with Gasteiger partial charge < -0.3 is 5.73 Å². The number of hydrogen-bond acceptors (Lipinski definition) is 2. The number of nitrogens with zero attached hydrogens (tertiary/aromatic N) is 2. The van der Waals surface area contributed by atoms with Gasteiger partial charge in [-0.15, -0.1) is 0 Å². The molecule has 1 unspecified atom stereocenters. The van der Waals surface area contributed by atoms with E-state index < -0.39 is 0 Å². The molecule has 0 spiro atoms. The average Bonchev–Trinajstić information content (AvgIpc) is 3.18. The highest BCUT2D eigenvalue weighted by Gasteiger charge is 2.34. The predicted molar refractivity (Wildman–Crippen MR) is 90.0 cm³/mol. The Labute approximate surface area is 138 Å². The highest BCUT2D eigenvalue weighted by molar-refractivity contribution is 9.10. The molecule has 1 aliphatic rings. The van der Waals surface area contributed by atoms with Crippen molar-refractivity contribution in [1.29, 1.82) is 0 Å². The van der Waals surface area contributed by atoms with Gasteiger partial charge in [-0.3, -0.25) is 4.68 Å². The fraction of sp³-hybridized carbons (Fsp3) is 0.471. The zero-order valence-electron chi connectivity index (χ0n) is 13.1. The summed E-state index contributed by atoms with van der Waals surface area (Å²) in [5.41, 5.74) is 8.94. The van der Waals surface area contributed by atoms with E-state index in [0.29, 0.717) is 5.92 Å². The van der Waals surface area contributed by atoms with Crippen LogP contribution in [-0.2, 0) is 5.54 Å². The lowest BCUT2D eigenvalue weighted by Crippen LogP contribution is -2.25. The minimum Gasteiger partial charge on any atom is -0.324 e. The van der Waals surface area contributed by atoms with Crippen molar-refractivity contribution in [1.82, 2.24) is 9.78 Å². The molecule has 1 aromatic heterocycles. The van der Waals surface area contributed by atoms with Crippen molar-refractivity contribution in [3.05, 3.63) is 40.2 Å². The lowest BCUT2D eigenvalue weighted by Gasteiger charge is -2.24. The summed E-state index contributed by atoms with van der Waals surface area (Å²) in [4.78, 5) is 0. The molecule has 0 saturated heterocycles. The number of aromatic nitrogens is 2. The maximum absolute atomic E-state index is 13.8. The number of nitrogens with two attached hydrogens (primary N) is 1. The van der Waals surface area contributed by atoms with E-state index in [1.165, 1.54) is 6.07 Å².